The van der Waals surface area contributed by atoms with Crippen molar-refractivity contribution in [2.45, 2.75) is 26.0 Å². The van der Waals surface area contributed by atoms with E-state index in [1.54, 1.807) is 25.1 Å². The van der Waals surface area contributed by atoms with Crippen LogP contribution in [0.1, 0.15) is 18.9 Å². The lowest BCUT2D eigenvalue weighted by Gasteiger charge is -2.34. The molecule has 0 fully saturated rings. The standard InChI is InChI=1S/C17H15FN2O4/c1-2-15-17(21)19(10-11-5-3-4-6-13(11)18)14-8-7-12(20(22)23)9-16(14)24-15/h3-9,15H,2,10H2,1H3/t15-/m1/s1. The van der Waals surface area contributed by atoms with Crippen LogP contribution >= 0.6 is 0 Å². The molecule has 0 aliphatic carbocycles. The molecule has 0 saturated heterocycles. The van der Waals surface area contributed by atoms with E-state index in [1.807, 2.05) is 0 Å². The first kappa shape index (κ1) is 15.9. The first-order chi connectivity index (χ1) is 11.5. The Morgan fingerprint density at radius 3 is 2.71 bits per heavy atom. The number of carbonyl (C=O) groups excluding carboxylic acids is 1. The minimum Gasteiger partial charge on any atom is -0.478 e. The Labute approximate surface area is 137 Å². The summed E-state index contributed by atoms with van der Waals surface area (Å²) < 4.78 is 19.5. The van der Waals surface area contributed by atoms with Crippen molar-refractivity contribution in [3.8, 4) is 5.75 Å². The summed E-state index contributed by atoms with van der Waals surface area (Å²) in [7, 11) is 0. The number of anilines is 1. The predicted octanol–water partition coefficient (Wildman–Crippen LogP) is 3.44. The average molecular weight is 330 g/mol. The van der Waals surface area contributed by atoms with Gasteiger partial charge in [-0.05, 0) is 18.6 Å². The normalized spacial score (nSPS) is 16.5. The van der Waals surface area contributed by atoms with Gasteiger partial charge in [-0.25, -0.2) is 4.39 Å². The molecule has 0 N–H and O–H groups in total. The third-order valence-corrected chi connectivity index (χ3v) is 3.91. The highest BCUT2D eigenvalue weighted by Crippen LogP contribution is 2.38. The van der Waals surface area contributed by atoms with E-state index in [0.29, 0.717) is 17.7 Å². The van der Waals surface area contributed by atoms with Crippen molar-refractivity contribution in [1.29, 1.82) is 0 Å². The molecule has 1 amide bonds. The summed E-state index contributed by atoms with van der Waals surface area (Å²) in [4.78, 5) is 24.4. The Morgan fingerprint density at radius 1 is 1.29 bits per heavy atom. The number of amides is 1. The lowest BCUT2D eigenvalue weighted by atomic mass is 10.1. The maximum atomic E-state index is 13.9. The zero-order valence-corrected chi connectivity index (χ0v) is 12.9. The average Bonchev–Trinajstić information content (AvgIpc) is 2.58. The van der Waals surface area contributed by atoms with Crippen LogP contribution in [-0.4, -0.2) is 16.9 Å². The number of carbonyl (C=O) groups is 1. The van der Waals surface area contributed by atoms with Crippen molar-refractivity contribution in [2.75, 3.05) is 4.90 Å². The van der Waals surface area contributed by atoms with Gasteiger partial charge in [-0.15, -0.1) is 0 Å². The van der Waals surface area contributed by atoms with Gasteiger partial charge in [0.05, 0.1) is 23.2 Å². The van der Waals surface area contributed by atoms with Gasteiger partial charge in [0.2, 0.25) is 0 Å². The van der Waals surface area contributed by atoms with Gasteiger partial charge in [-0.2, -0.15) is 0 Å². The fraction of sp³-hybridized carbons (Fsp3) is 0.235. The number of fused-ring (bicyclic) bond motifs is 1. The lowest BCUT2D eigenvalue weighted by molar-refractivity contribution is -0.384. The van der Waals surface area contributed by atoms with E-state index in [1.165, 1.54) is 29.2 Å². The first-order valence-corrected chi connectivity index (χ1v) is 7.51. The van der Waals surface area contributed by atoms with Crippen LogP contribution in [0, 0.1) is 15.9 Å². The van der Waals surface area contributed by atoms with Crippen LogP contribution in [0.15, 0.2) is 42.5 Å². The highest BCUT2D eigenvalue weighted by molar-refractivity contribution is 6.00. The van der Waals surface area contributed by atoms with Crippen LogP contribution in [0.4, 0.5) is 15.8 Å². The van der Waals surface area contributed by atoms with E-state index < -0.39 is 16.8 Å². The molecule has 6 nitrogen and oxygen atoms in total. The third-order valence-electron chi connectivity index (χ3n) is 3.91. The van der Waals surface area contributed by atoms with E-state index >= 15 is 0 Å². The van der Waals surface area contributed by atoms with Gasteiger partial charge in [0.1, 0.15) is 5.82 Å². The Balaban J connectivity index is 2.03. The van der Waals surface area contributed by atoms with Crippen LogP contribution in [0.5, 0.6) is 5.75 Å². The summed E-state index contributed by atoms with van der Waals surface area (Å²) in [5.74, 6) is -0.442. The molecule has 0 aromatic heterocycles. The van der Waals surface area contributed by atoms with Gasteiger partial charge < -0.3 is 9.64 Å². The third kappa shape index (κ3) is 2.80. The molecule has 7 heteroatoms. The van der Waals surface area contributed by atoms with Crippen molar-refractivity contribution >= 4 is 17.3 Å². The molecule has 0 bridgehead atoms. The highest BCUT2D eigenvalue weighted by Gasteiger charge is 2.34. The van der Waals surface area contributed by atoms with Crippen LogP contribution in [-0.2, 0) is 11.3 Å². The SMILES string of the molecule is CC[C@H]1Oc2cc([N+](=O)[O-])ccc2N(Cc2ccccc2F)C1=O. The Morgan fingerprint density at radius 2 is 2.04 bits per heavy atom. The largest absolute Gasteiger partial charge is 0.478 e. The number of ether oxygens (including phenoxy) is 1. The second kappa shape index (κ2) is 6.27. The maximum absolute atomic E-state index is 13.9. The van der Waals surface area contributed by atoms with Gasteiger partial charge >= 0.3 is 0 Å². The molecule has 0 unspecified atom stereocenters. The molecular weight excluding hydrogens is 315 g/mol. The summed E-state index contributed by atoms with van der Waals surface area (Å²) in [5.41, 5.74) is 0.647. The van der Waals surface area contributed by atoms with Crippen LogP contribution in [0.25, 0.3) is 0 Å². The van der Waals surface area contributed by atoms with E-state index in [9.17, 15) is 19.3 Å². The molecule has 1 atom stereocenters. The molecule has 0 spiro atoms. The fourth-order valence-corrected chi connectivity index (χ4v) is 2.65. The van der Waals surface area contributed by atoms with Crippen LogP contribution in [0.3, 0.4) is 0 Å². The lowest BCUT2D eigenvalue weighted by Crippen LogP contribution is -2.45. The minimum atomic E-state index is -0.744. The second-order valence-corrected chi connectivity index (χ2v) is 5.44. The van der Waals surface area contributed by atoms with E-state index in [0.717, 1.165) is 0 Å². The number of hydrogen-bond acceptors (Lipinski definition) is 4. The van der Waals surface area contributed by atoms with Crippen molar-refractivity contribution < 1.29 is 18.8 Å². The summed E-state index contributed by atoms with van der Waals surface area (Å²) in [6.07, 6.45) is -0.333. The molecule has 0 radical (unpaired) electrons. The second-order valence-electron chi connectivity index (χ2n) is 5.44. The zero-order chi connectivity index (χ0) is 17.3. The van der Waals surface area contributed by atoms with E-state index in [-0.39, 0.29) is 23.9 Å². The number of halogens is 1. The fourth-order valence-electron chi connectivity index (χ4n) is 2.65. The number of hydrogen-bond donors (Lipinski definition) is 0. The summed E-state index contributed by atoms with van der Waals surface area (Å²) >= 11 is 0. The molecule has 24 heavy (non-hydrogen) atoms. The minimum absolute atomic E-state index is 0.0379. The van der Waals surface area contributed by atoms with Crippen molar-refractivity contribution in [3.63, 3.8) is 0 Å². The van der Waals surface area contributed by atoms with E-state index in [4.69, 9.17) is 4.74 Å². The molecule has 1 heterocycles. The van der Waals surface area contributed by atoms with Crippen molar-refractivity contribution in [1.82, 2.24) is 0 Å². The van der Waals surface area contributed by atoms with Crippen molar-refractivity contribution in [3.05, 3.63) is 64.0 Å². The quantitative estimate of drug-likeness (QED) is 0.636. The van der Waals surface area contributed by atoms with Gasteiger partial charge in [0, 0.05) is 11.6 Å². The molecule has 3 rings (SSSR count). The van der Waals surface area contributed by atoms with Gasteiger partial charge in [-0.3, -0.25) is 14.9 Å². The molecule has 1 aliphatic heterocycles. The molecular formula is C17H15FN2O4. The van der Waals surface area contributed by atoms with Gasteiger partial charge in [-0.1, -0.05) is 25.1 Å². The number of non-ortho nitro benzene ring substituents is 1. The van der Waals surface area contributed by atoms with Crippen LogP contribution < -0.4 is 9.64 Å². The molecule has 124 valence electrons. The van der Waals surface area contributed by atoms with Crippen LogP contribution in [0.2, 0.25) is 0 Å². The molecule has 2 aromatic carbocycles. The molecule has 0 saturated carbocycles. The van der Waals surface area contributed by atoms with Crippen molar-refractivity contribution in [2.24, 2.45) is 0 Å². The highest BCUT2D eigenvalue weighted by atomic mass is 19.1. The zero-order valence-electron chi connectivity index (χ0n) is 12.9. The Hall–Kier alpha value is -2.96. The van der Waals surface area contributed by atoms with Gasteiger partial charge in [0.15, 0.2) is 11.9 Å². The number of nitrogens with zero attached hydrogens (tertiary/aromatic N) is 2. The smallest absolute Gasteiger partial charge is 0.273 e. The topological polar surface area (TPSA) is 72.7 Å². The summed E-state index contributed by atoms with van der Waals surface area (Å²) in [5, 5.41) is 10.9. The first-order valence-electron chi connectivity index (χ1n) is 7.51. The summed E-state index contributed by atoms with van der Waals surface area (Å²) in [6, 6.07) is 10.2. The summed E-state index contributed by atoms with van der Waals surface area (Å²) in [6.45, 7) is 1.82. The Bertz CT molecular complexity index is 809. The maximum Gasteiger partial charge on any atom is 0.273 e. The number of benzene rings is 2. The molecule has 1 aliphatic rings. The molecule has 2 aromatic rings. The number of nitro groups is 1. The van der Waals surface area contributed by atoms with Gasteiger partial charge in [0.25, 0.3) is 11.6 Å². The number of nitro benzene ring substituents is 1. The van der Waals surface area contributed by atoms with E-state index in [2.05, 4.69) is 0 Å². The number of rotatable bonds is 4. The monoisotopic (exact) mass is 330 g/mol. The Kier molecular flexibility index (Phi) is 4.16. The predicted molar refractivity (Wildman–Crippen MR) is 85.4 cm³/mol.